The van der Waals surface area contributed by atoms with Gasteiger partial charge in [0.05, 0.1) is 6.54 Å². The van der Waals surface area contributed by atoms with E-state index in [0.29, 0.717) is 0 Å². The van der Waals surface area contributed by atoms with Crippen molar-refractivity contribution in [3.63, 3.8) is 0 Å². The van der Waals surface area contributed by atoms with Crippen molar-refractivity contribution in [3.05, 3.63) is 34.3 Å². The van der Waals surface area contributed by atoms with Gasteiger partial charge in [-0.15, -0.1) is 0 Å². The van der Waals surface area contributed by atoms with E-state index in [1.807, 2.05) is 12.1 Å². The number of nitrogens with one attached hydrogen (secondary N) is 1. The van der Waals surface area contributed by atoms with Crippen molar-refractivity contribution in [3.8, 4) is 0 Å². The number of halogens is 1. The van der Waals surface area contributed by atoms with Crippen LogP contribution >= 0.6 is 15.9 Å². The second kappa shape index (κ2) is 3.27. The molecule has 3 heteroatoms. The van der Waals surface area contributed by atoms with Crippen LogP contribution in [0.1, 0.15) is 5.56 Å². The topological polar surface area (TPSA) is 24.4 Å². The molecule has 12 heavy (non-hydrogen) atoms. The van der Waals surface area contributed by atoms with Crippen LogP contribution in [0.4, 0.5) is 0 Å². The first-order chi connectivity index (χ1) is 5.86. The molecule has 0 saturated heterocycles. The summed E-state index contributed by atoms with van der Waals surface area (Å²) in [5, 5.41) is 3.23. The first kappa shape index (κ1) is 7.80. The molecule has 0 aliphatic carbocycles. The van der Waals surface area contributed by atoms with Crippen LogP contribution in [0.3, 0.4) is 0 Å². The van der Waals surface area contributed by atoms with Crippen molar-refractivity contribution < 1.29 is 0 Å². The molecule has 0 fully saturated rings. The highest BCUT2D eigenvalue weighted by Gasteiger charge is 2.06. The average molecular weight is 225 g/mol. The lowest BCUT2D eigenvalue weighted by molar-refractivity contribution is 0.960. The molecule has 0 saturated carbocycles. The third-order valence-corrected chi connectivity index (χ3v) is 2.32. The zero-order valence-corrected chi connectivity index (χ0v) is 8.13. The van der Waals surface area contributed by atoms with E-state index in [1.54, 1.807) is 0 Å². The fraction of sp³-hybridized carbons (Fsp3) is 0.222. The Kier molecular flexibility index (Phi) is 2.13. The second-order valence-corrected chi connectivity index (χ2v) is 3.58. The van der Waals surface area contributed by atoms with E-state index in [-0.39, 0.29) is 0 Å². The van der Waals surface area contributed by atoms with Crippen molar-refractivity contribution >= 4 is 21.8 Å². The van der Waals surface area contributed by atoms with E-state index < -0.39 is 0 Å². The minimum Gasteiger partial charge on any atom is -0.368 e. The maximum absolute atomic E-state index is 4.33. The first-order valence-electron chi connectivity index (χ1n) is 3.90. The summed E-state index contributed by atoms with van der Waals surface area (Å²) in [6.45, 7) is 1.86. The maximum atomic E-state index is 4.33. The molecule has 0 spiro atoms. The quantitative estimate of drug-likeness (QED) is 0.774. The summed E-state index contributed by atoms with van der Waals surface area (Å²) >= 11 is 3.39. The molecule has 1 aliphatic heterocycles. The normalized spacial score (nSPS) is 15.6. The molecule has 0 atom stereocenters. The maximum Gasteiger partial charge on any atom is 0.128 e. The zero-order valence-electron chi connectivity index (χ0n) is 6.55. The molecular formula is C9H9BrN2. The van der Waals surface area contributed by atoms with E-state index in [0.717, 1.165) is 29.0 Å². The summed E-state index contributed by atoms with van der Waals surface area (Å²) in [4.78, 5) is 4.33. The first-order valence-corrected chi connectivity index (χ1v) is 4.70. The number of amidine groups is 1. The molecule has 1 aromatic rings. The van der Waals surface area contributed by atoms with Gasteiger partial charge in [0.1, 0.15) is 5.84 Å². The molecule has 0 aromatic heterocycles. The van der Waals surface area contributed by atoms with E-state index in [2.05, 4.69) is 38.4 Å². The van der Waals surface area contributed by atoms with Gasteiger partial charge in [-0.1, -0.05) is 28.1 Å². The summed E-state index contributed by atoms with van der Waals surface area (Å²) in [5.41, 5.74) is 1.16. The third kappa shape index (κ3) is 1.50. The minimum absolute atomic E-state index is 0.894. The Labute approximate surface area is 79.8 Å². The molecule has 0 bridgehead atoms. The number of aliphatic imine (C=N–C) groups is 1. The van der Waals surface area contributed by atoms with Crippen molar-refractivity contribution in [1.82, 2.24) is 5.32 Å². The third-order valence-electron chi connectivity index (χ3n) is 1.79. The van der Waals surface area contributed by atoms with Crippen LogP contribution in [0.5, 0.6) is 0 Å². The highest BCUT2D eigenvalue weighted by Crippen LogP contribution is 2.11. The average Bonchev–Trinajstić information content (AvgIpc) is 2.58. The SMILES string of the molecule is Brc1ccc(C2=NCCN2)cc1. The van der Waals surface area contributed by atoms with E-state index >= 15 is 0 Å². The van der Waals surface area contributed by atoms with Gasteiger partial charge in [0.2, 0.25) is 0 Å². The zero-order chi connectivity index (χ0) is 8.39. The fourth-order valence-electron chi connectivity index (χ4n) is 1.20. The largest absolute Gasteiger partial charge is 0.368 e. The van der Waals surface area contributed by atoms with Crippen LogP contribution in [0.25, 0.3) is 0 Å². The number of rotatable bonds is 1. The van der Waals surface area contributed by atoms with Crippen LogP contribution in [0.15, 0.2) is 33.7 Å². The summed E-state index contributed by atoms with van der Waals surface area (Å²) in [5.74, 6) is 1.02. The molecule has 1 aliphatic rings. The molecule has 1 heterocycles. The Morgan fingerprint density at radius 2 is 2.00 bits per heavy atom. The molecule has 2 rings (SSSR count). The fourth-order valence-corrected chi connectivity index (χ4v) is 1.46. The van der Waals surface area contributed by atoms with Crippen LogP contribution in [0.2, 0.25) is 0 Å². The van der Waals surface area contributed by atoms with Gasteiger partial charge in [0.15, 0.2) is 0 Å². The smallest absolute Gasteiger partial charge is 0.128 e. The second-order valence-electron chi connectivity index (χ2n) is 2.66. The van der Waals surface area contributed by atoms with Crippen LogP contribution in [-0.2, 0) is 0 Å². The Balaban J connectivity index is 2.28. The van der Waals surface area contributed by atoms with Crippen molar-refractivity contribution in [2.24, 2.45) is 4.99 Å². The Bertz CT molecular complexity index is 303. The van der Waals surface area contributed by atoms with Gasteiger partial charge in [-0.05, 0) is 12.1 Å². The van der Waals surface area contributed by atoms with Crippen LogP contribution in [-0.4, -0.2) is 18.9 Å². The number of benzene rings is 1. The Morgan fingerprint density at radius 3 is 2.58 bits per heavy atom. The predicted molar refractivity (Wildman–Crippen MR) is 53.5 cm³/mol. The Hall–Kier alpha value is -0.830. The van der Waals surface area contributed by atoms with Gasteiger partial charge in [0, 0.05) is 16.6 Å². The molecule has 0 radical (unpaired) electrons. The van der Waals surface area contributed by atoms with Gasteiger partial charge in [-0.2, -0.15) is 0 Å². The molecule has 1 aromatic carbocycles. The van der Waals surface area contributed by atoms with Crippen LogP contribution < -0.4 is 5.32 Å². The molecular weight excluding hydrogens is 216 g/mol. The predicted octanol–water partition coefficient (Wildman–Crippen LogP) is 1.80. The molecule has 0 unspecified atom stereocenters. The molecule has 0 amide bonds. The van der Waals surface area contributed by atoms with Crippen molar-refractivity contribution in [1.29, 1.82) is 0 Å². The lowest BCUT2D eigenvalue weighted by Gasteiger charge is -2.00. The summed E-state index contributed by atoms with van der Waals surface area (Å²) < 4.78 is 1.10. The van der Waals surface area contributed by atoms with E-state index in [4.69, 9.17) is 0 Å². The highest BCUT2D eigenvalue weighted by atomic mass is 79.9. The van der Waals surface area contributed by atoms with E-state index in [9.17, 15) is 0 Å². The van der Waals surface area contributed by atoms with Crippen LogP contribution in [0, 0.1) is 0 Å². The van der Waals surface area contributed by atoms with Crippen molar-refractivity contribution in [2.45, 2.75) is 0 Å². The van der Waals surface area contributed by atoms with Gasteiger partial charge < -0.3 is 5.32 Å². The number of hydrogen-bond donors (Lipinski definition) is 1. The standard InChI is InChI=1S/C9H9BrN2/c10-8-3-1-7(2-4-8)9-11-5-6-12-9/h1-4H,5-6H2,(H,11,12). The number of nitrogens with zero attached hydrogens (tertiary/aromatic N) is 1. The highest BCUT2D eigenvalue weighted by molar-refractivity contribution is 9.10. The summed E-state index contributed by atoms with van der Waals surface area (Å²) in [7, 11) is 0. The number of hydrogen-bond acceptors (Lipinski definition) is 2. The molecule has 1 N–H and O–H groups in total. The van der Waals surface area contributed by atoms with Gasteiger partial charge in [-0.3, -0.25) is 4.99 Å². The van der Waals surface area contributed by atoms with E-state index in [1.165, 1.54) is 0 Å². The summed E-state index contributed by atoms with van der Waals surface area (Å²) in [6.07, 6.45) is 0. The monoisotopic (exact) mass is 224 g/mol. The lowest BCUT2D eigenvalue weighted by atomic mass is 10.2. The molecule has 2 nitrogen and oxygen atoms in total. The Morgan fingerprint density at radius 1 is 1.25 bits per heavy atom. The lowest BCUT2D eigenvalue weighted by Crippen LogP contribution is -2.19. The van der Waals surface area contributed by atoms with Gasteiger partial charge in [0.25, 0.3) is 0 Å². The van der Waals surface area contributed by atoms with Crippen molar-refractivity contribution in [2.75, 3.05) is 13.1 Å². The van der Waals surface area contributed by atoms with Gasteiger partial charge >= 0.3 is 0 Å². The summed E-state index contributed by atoms with van der Waals surface area (Å²) in [6, 6.07) is 8.16. The minimum atomic E-state index is 0.894. The molecule has 62 valence electrons. The van der Waals surface area contributed by atoms with Gasteiger partial charge in [-0.25, -0.2) is 0 Å².